The van der Waals surface area contributed by atoms with Gasteiger partial charge >= 0.3 is 0 Å². The zero-order valence-corrected chi connectivity index (χ0v) is 19.2. The fourth-order valence-electron chi connectivity index (χ4n) is 3.20. The highest BCUT2D eigenvalue weighted by atomic mass is 32.1. The molecule has 29 heavy (non-hydrogen) atoms. The van der Waals surface area contributed by atoms with Gasteiger partial charge in [-0.1, -0.05) is 51.1 Å². The Bertz CT molecular complexity index is 785. The summed E-state index contributed by atoms with van der Waals surface area (Å²) in [5.74, 6) is 0.340. The van der Waals surface area contributed by atoms with Gasteiger partial charge in [-0.3, -0.25) is 9.59 Å². The van der Waals surface area contributed by atoms with Crippen molar-refractivity contribution in [2.24, 2.45) is 5.92 Å². The van der Waals surface area contributed by atoms with E-state index in [1.165, 1.54) is 10.4 Å². The Balaban J connectivity index is 2.21. The number of nitrogens with zero attached hydrogens (tertiary/aromatic N) is 2. The van der Waals surface area contributed by atoms with Gasteiger partial charge in [-0.2, -0.15) is 0 Å². The lowest BCUT2D eigenvalue weighted by atomic mass is 10.1. The van der Waals surface area contributed by atoms with Gasteiger partial charge in [0, 0.05) is 23.9 Å². The van der Waals surface area contributed by atoms with Crippen molar-refractivity contribution >= 4 is 23.2 Å². The number of rotatable bonds is 10. The van der Waals surface area contributed by atoms with Crippen LogP contribution in [-0.2, 0) is 22.7 Å². The van der Waals surface area contributed by atoms with Crippen molar-refractivity contribution in [3.05, 3.63) is 57.8 Å². The topological polar surface area (TPSA) is 40.6 Å². The van der Waals surface area contributed by atoms with Crippen molar-refractivity contribution in [2.75, 3.05) is 6.54 Å². The lowest BCUT2D eigenvalue weighted by Crippen LogP contribution is -2.46. The molecule has 0 aliphatic rings. The molecule has 158 valence electrons. The third-order valence-electron chi connectivity index (χ3n) is 5.20. The van der Waals surface area contributed by atoms with E-state index in [0.717, 1.165) is 12.0 Å². The van der Waals surface area contributed by atoms with Crippen LogP contribution in [0.15, 0.2) is 41.8 Å². The molecule has 0 aliphatic carbocycles. The van der Waals surface area contributed by atoms with Crippen LogP contribution in [0.1, 0.15) is 56.5 Å². The molecule has 0 aliphatic heterocycles. The quantitative estimate of drug-likeness (QED) is 0.532. The van der Waals surface area contributed by atoms with E-state index in [-0.39, 0.29) is 30.3 Å². The van der Waals surface area contributed by atoms with E-state index < -0.39 is 0 Å². The van der Waals surface area contributed by atoms with Crippen molar-refractivity contribution in [1.29, 1.82) is 0 Å². The standard InChI is InChI=1S/C24H34N2O2S/c1-6-20(5)26(23(27)14-18(2)3)17-24(28)25(15-21-10-8-7-9-11-21)16-22-19(4)12-13-29-22/h7-13,18,20H,6,14-17H2,1-5H3. The van der Waals surface area contributed by atoms with E-state index >= 15 is 0 Å². The average molecular weight is 415 g/mol. The van der Waals surface area contributed by atoms with Crippen LogP contribution in [0.2, 0.25) is 0 Å². The third kappa shape index (κ3) is 7.00. The molecule has 2 amide bonds. The van der Waals surface area contributed by atoms with Gasteiger partial charge in [-0.25, -0.2) is 0 Å². The predicted molar refractivity (Wildman–Crippen MR) is 121 cm³/mol. The number of hydrogen-bond donors (Lipinski definition) is 0. The molecule has 2 aromatic rings. The van der Waals surface area contributed by atoms with Crippen molar-refractivity contribution in [3.8, 4) is 0 Å². The van der Waals surface area contributed by atoms with Gasteiger partial charge in [0.25, 0.3) is 0 Å². The molecule has 5 heteroatoms. The summed E-state index contributed by atoms with van der Waals surface area (Å²) in [6.45, 7) is 11.5. The number of amides is 2. The molecule has 1 heterocycles. The summed E-state index contributed by atoms with van der Waals surface area (Å²) >= 11 is 1.68. The number of aryl methyl sites for hydroxylation is 1. The van der Waals surface area contributed by atoms with Gasteiger partial charge in [-0.05, 0) is 48.8 Å². The first-order valence-electron chi connectivity index (χ1n) is 10.5. The van der Waals surface area contributed by atoms with Crippen LogP contribution in [0.25, 0.3) is 0 Å². The van der Waals surface area contributed by atoms with Crippen LogP contribution in [0.4, 0.5) is 0 Å². The first-order valence-corrected chi connectivity index (χ1v) is 11.3. The van der Waals surface area contributed by atoms with Gasteiger partial charge in [0.2, 0.25) is 11.8 Å². The Kier molecular flexibility index (Phi) is 8.90. The lowest BCUT2D eigenvalue weighted by molar-refractivity contribution is -0.143. The summed E-state index contributed by atoms with van der Waals surface area (Å²) in [6.07, 6.45) is 1.31. The van der Waals surface area contributed by atoms with E-state index in [9.17, 15) is 9.59 Å². The number of hydrogen-bond acceptors (Lipinski definition) is 3. The first-order chi connectivity index (χ1) is 13.8. The van der Waals surface area contributed by atoms with E-state index in [1.54, 1.807) is 16.2 Å². The summed E-state index contributed by atoms with van der Waals surface area (Å²) < 4.78 is 0. The Morgan fingerprint density at radius 1 is 1.00 bits per heavy atom. The molecule has 1 unspecified atom stereocenters. The first kappa shape index (κ1) is 23.1. The van der Waals surface area contributed by atoms with Crippen LogP contribution in [0.3, 0.4) is 0 Å². The van der Waals surface area contributed by atoms with Crippen LogP contribution < -0.4 is 0 Å². The summed E-state index contributed by atoms with van der Waals surface area (Å²) in [6, 6.07) is 12.2. The molecule has 0 saturated carbocycles. The molecule has 0 saturated heterocycles. The molecule has 0 N–H and O–H groups in total. The minimum Gasteiger partial charge on any atom is -0.332 e. The van der Waals surface area contributed by atoms with Crippen molar-refractivity contribution in [1.82, 2.24) is 9.80 Å². The highest BCUT2D eigenvalue weighted by molar-refractivity contribution is 7.10. The Hall–Kier alpha value is -2.14. The van der Waals surface area contributed by atoms with Gasteiger partial charge in [0.1, 0.15) is 6.54 Å². The smallest absolute Gasteiger partial charge is 0.242 e. The second-order valence-electron chi connectivity index (χ2n) is 8.14. The molecule has 0 spiro atoms. The summed E-state index contributed by atoms with van der Waals surface area (Å²) in [7, 11) is 0. The van der Waals surface area contributed by atoms with Crippen LogP contribution in [-0.4, -0.2) is 34.2 Å². The van der Waals surface area contributed by atoms with Crippen molar-refractivity contribution in [2.45, 2.75) is 66.6 Å². The number of carbonyl (C=O) groups is 2. The maximum atomic E-state index is 13.3. The molecule has 2 rings (SSSR count). The van der Waals surface area contributed by atoms with Crippen LogP contribution >= 0.6 is 11.3 Å². The molecule has 1 aromatic carbocycles. The fraction of sp³-hybridized carbons (Fsp3) is 0.500. The fourth-order valence-corrected chi connectivity index (χ4v) is 4.12. The van der Waals surface area contributed by atoms with Gasteiger partial charge in [-0.15, -0.1) is 11.3 Å². The Labute approximate surface area is 179 Å². The Morgan fingerprint density at radius 3 is 2.24 bits per heavy atom. The number of benzene rings is 1. The molecular weight excluding hydrogens is 380 g/mol. The van der Waals surface area contributed by atoms with E-state index in [2.05, 4.69) is 25.3 Å². The van der Waals surface area contributed by atoms with E-state index in [0.29, 0.717) is 19.5 Å². The Morgan fingerprint density at radius 2 is 1.69 bits per heavy atom. The van der Waals surface area contributed by atoms with Crippen molar-refractivity contribution < 1.29 is 9.59 Å². The second kappa shape index (κ2) is 11.1. The largest absolute Gasteiger partial charge is 0.332 e. The maximum Gasteiger partial charge on any atom is 0.242 e. The monoisotopic (exact) mass is 414 g/mol. The van der Waals surface area contributed by atoms with Gasteiger partial charge < -0.3 is 9.80 Å². The van der Waals surface area contributed by atoms with Gasteiger partial charge in [0.05, 0.1) is 6.54 Å². The minimum absolute atomic E-state index is 0.000871. The SMILES string of the molecule is CCC(C)N(CC(=O)N(Cc1ccccc1)Cc1sccc1C)C(=O)CC(C)C. The summed E-state index contributed by atoms with van der Waals surface area (Å²) in [5.41, 5.74) is 2.30. The molecule has 0 bridgehead atoms. The van der Waals surface area contributed by atoms with Gasteiger partial charge in [0.15, 0.2) is 0 Å². The molecular formula is C24H34N2O2S. The summed E-state index contributed by atoms with van der Waals surface area (Å²) in [5, 5.41) is 2.06. The second-order valence-corrected chi connectivity index (χ2v) is 9.14. The number of thiophene rings is 1. The molecule has 1 aromatic heterocycles. The maximum absolute atomic E-state index is 13.3. The number of carbonyl (C=O) groups excluding carboxylic acids is 2. The third-order valence-corrected chi connectivity index (χ3v) is 6.21. The normalized spacial score (nSPS) is 12.1. The highest BCUT2D eigenvalue weighted by Gasteiger charge is 2.25. The molecule has 0 fully saturated rings. The van der Waals surface area contributed by atoms with Crippen LogP contribution in [0, 0.1) is 12.8 Å². The highest BCUT2D eigenvalue weighted by Crippen LogP contribution is 2.20. The van der Waals surface area contributed by atoms with Crippen molar-refractivity contribution in [3.63, 3.8) is 0 Å². The van der Waals surface area contributed by atoms with E-state index in [1.807, 2.05) is 56.0 Å². The predicted octanol–water partition coefficient (Wildman–Crippen LogP) is 5.26. The molecule has 4 nitrogen and oxygen atoms in total. The molecule has 1 atom stereocenters. The lowest BCUT2D eigenvalue weighted by Gasteiger charge is -2.32. The van der Waals surface area contributed by atoms with E-state index in [4.69, 9.17) is 0 Å². The molecule has 0 radical (unpaired) electrons. The minimum atomic E-state index is -0.000871. The average Bonchev–Trinajstić information content (AvgIpc) is 3.09. The zero-order chi connectivity index (χ0) is 21.4. The zero-order valence-electron chi connectivity index (χ0n) is 18.4. The summed E-state index contributed by atoms with van der Waals surface area (Å²) in [4.78, 5) is 31.0. The van der Waals surface area contributed by atoms with Crippen LogP contribution in [0.5, 0.6) is 0 Å².